The lowest BCUT2D eigenvalue weighted by Gasteiger charge is -2.46. The molecular weight excluding hydrogens is 427 g/mol. The lowest BCUT2D eigenvalue weighted by atomic mass is 9.78. The molecule has 158 valence electrons. The number of carbonyl (C=O) groups excluding carboxylic acids is 1. The van der Waals surface area contributed by atoms with Crippen molar-refractivity contribution in [3.8, 4) is 0 Å². The van der Waals surface area contributed by atoms with E-state index in [0.717, 1.165) is 35.5 Å². The molecule has 1 saturated carbocycles. The smallest absolute Gasteiger partial charge is 0.223 e. The Labute approximate surface area is 193 Å². The molecule has 1 aliphatic carbocycles. The Balaban J connectivity index is 1.64. The third kappa shape index (κ3) is 4.22. The average molecular weight is 451 g/mol. The molecule has 2 aromatic carbocycles. The van der Waals surface area contributed by atoms with Crippen molar-refractivity contribution < 1.29 is 4.79 Å². The van der Waals surface area contributed by atoms with Gasteiger partial charge in [-0.25, -0.2) is 0 Å². The van der Waals surface area contributed by atoms with Crippen LogP contribution < -0.4 is 0 Å². The van der Waals surface area contributed by atoms with E-state index in [1.165, 1.54) is 5.56 Å². The molecule has 31 heavy (non-hydrogen) atoms. The summed E-state index contributed by atoms with van der Waals surface area (Å²) < 4.78 is 0. The first kappa shape index (κ1) is 20.5. The number of amides is 1. The summed E-state index contributed by atoms with van der Waals surface area (Å²) in [5, 5.41) is 1.42. The molecule has 5 heteroatoms. The zero-order valence-corrected chi connectivity index (χ0v) is 18.6. The summed E-state index contributed by atoms with van der Waals surface area (Å²) in [6, 6.07) is 21.9. The van der Waals surface area contributed by atoms with Crippen LogP contribution in [-0.2, 0) is 4.79 Å². The van der Waals surface area contributed by atoms with Crippen LogP contribution in [0.3, 0.4) is 0 Å². The number of carbonyl (C=O) groups is 1. The molecular formula is C26H24Cl2N2O. The van der Waals surface area contributed by atoms with E-state index in [9.17, 15) is 4.79 Å². The van der Waals surface area contributed by atoms with Crippen molar-refractivity contribution in [3.63, 3.8) is 0 Å². The molecule has 3 nitrogen and oxygen atoms in total. The van der Waals surface area contributed by atoms with E-state index in [-0.39, 0.29) is 23.9 Å². The Kier molecular flexibility index (Phi) is 5.73. The lowest BCUT2D eigenvalue weighted by molar-refractivity contribution is -0.142. The van der Waals surface area contributed by atoms with Gasteiger partial charge in [-0.15, -0.1) is 0 Å². The van der Waals surface area contributed by atoms with E-state index < -0.39 is 0 Å². The predicted octanol–water partition coefficient (Wildman–Crippen LogP) is 6.99. The number of benzene rings is 2. The minimum Gasteiger partial charge on any atom is -0.326 e. The van der Waals surface area contributed by atoms with Crippen molar-refractivity contribution in [1.29, 1.82) is 0 Å². The van der Waals surface area contributed by atoms with Gasteiger partial charge in [-0.1, -0.05) is 53.5 Å². The van der Waals surface area contributed by atoms with Gasteiger partial charge in [0.25, 0.3) is 0 Å². The molecule has 2 fully saturated rings. The fraction of sp³-hybridized carbons (Fsp3) is 0.308. The van der Waals surface area contributed by atoms with Gasteiger partial charge in [-0.05, 0) is 72.7 Å². The number of likely N-dealkylation sites (tertiary alicyclic amines) is 1. The summed E-state index contributed by atoms with van der Waals surface area (Å²) >= 11 is 12.6. The molecule has 0 N–H and O–H groups in total. The zero-order chi connectivity index (χ0) is 21.4. The summed E-state index contributed by atoms with van der Waals surface area (Å²) in [6.07, 6.45) is 5.39. The monoisotopic (exact) mass is 450 g/mol. The van der Waals surface area contributed by atoms with Crippen LogP contribution in [0.15, 0.2) is 72.9 Å². The van der Waals surface area contributed by atoms with Gasteiger partial charge in [0.1, 0.15) is 0 Å². The van der Waals surface area contributed by atoms with Crippen molar-refractivity contribution >= 4 is 29.1 Å². The van der Waals surface area contributed by atoms with E-state index in [0.29, 0.717) is 17.4 Å². The maximum Gasteiger partial charge on any atom is 0.223 e. The van der Waals surface area contributed by atoms with Crippen molar-refractivity contribution in [2.24, 2.45) is 5.92 Å². The molecule has 1 amide bonds. The van der Waals surface area contributed by atoms with Crippen LogP contribution in [0.4, 0.5) is 0 Å². The van der Waals surface area contributed by atoms with Gasteiger partial charge in [-0.2, -0.15) is 0 Å². The predicted molar refractivity (Wildman–Crippen MR) is 124 cm³/mol. The highest BCUT2D eigenvalue weighted by Crippen LogP contribution is 2.52. The minimum atomic E-state index is -0.0930. The topological polar surface area (TPSA) is 33.2 Å². The van der Waals surface area contributed by atoms with Crippen molar-refractivity contribution in [3.05, 3.63) is 99.8 Å². The number of pyridine rings is 1. The third-order valence-electron chi connectivity index (χ3n) is 6.49. The normalized spacial score (nSPS) is 22.4. The largest absolute Gasteiger partial charge is 0.326 e. The van der Waals surface area contributed by atoms with Gasteiger partial charge >= 0.3 is 0 Å². The van der Waals surface area contributed by atoms with Gasteiger partial charge in [-0.3, -0.25) is 9.78 Å². The van der Waals surface area contributed by atoms with E-state index >= 15 is 0 Å². The Hall–Kier alpha value is -2.36. The molecule has 1 aliphatic heterocycles. The molecule has 0 unspecified atom stereocenters. The maximum absolute atomic E-state index is 13.5. The summed E-state index contributed by atoms with van der Waals surface area (Å²) in [6.45, 7) is 0. The Morgan fingerprint density at radius 2 is 1.68 bits per heavy atom. The fourth-order valence-electron chi connectivity index (χ4n) is 4.96. The standard InChI is InChI=1S/C26H24Cl2N2O/c27-20-11-9-17(10-12-20)25-22(19-4-3-5-21(28)16-19)13-14-24(31)30(25)26(18-7-8-18)23-6-1-2-15-29-23/h1-6,9-12,15-16,18,22,25-26H,7-8,13-14H2/t22-,25-,26+/m1/s1. The molecule has 5 rings (SSSR count). The molecule has 3 atom stereocenters. The van der Waals surface area contributed by atoms with Crippen molar-refractivity contribution in [2.75, 3.05) is 0 Å². The fourth-order valence-corrected chi connectivity index (χ4v) is 5.28. The maximum atomic E-state index is 13.5. The number of piperidine rings is 1. The summed E-state index contributed by atoms with van der Waals surface area (Å²) in [5.41, 5.74) is 3.24. The van der Waals surface area contributed by atoms with Gasteiger partial charge in [0.15, 0.2) is 0 Å². The van der Waals surface area contributed by atoms with Crippen LogP contribution in [0, 0.1) is 5.92 Å². The van der Waals surface area contributed by atoms with Gasteiger partial charge in [0, 0.05) is 28.6 Å². The number of halogens is 2. The second-order valence-electron chi connectivity index (χ2n) is 8.53. The molecule has 2 heterocycles. The average Bonchev–Trinajstić information content (AvgIpc) is 3.62. The van der Waals surface area contributed by atoms with E-state index in [4.69, 9.17) is 23.2 Å². The summed E-state index contributed by atoms with van der Waals surface area (Å²) in [7, 11) is 0. The molecule has 1 saturated heterocycles. The van der Waals surface area contributed by atoms with Gasteiger partial charge in [0.2, 0.25) is 5.91 Å². The number of nitrogens with zero attached hydrogens (tertiary/aromatic N) is 2. The van der Waals surface area contributed by atoms with Crippen LogP contribution in [0.5, 0.6) is 0 Å². The molecule has 2 aliphatic rings. The highest BCUT2D eigenvalue weighted by molar-refractivity contribution is 6.30. The Morgan fingerprint density at radius 3 is 2.35 bits per heavy atom. The number of hydrogen-bond donors (Lipinski definition) is 0. The quantitative estimate of drug-likeness (QED) is 0.419. The number of hydrogen-bond acceptors (Lipinski definition) is 2. The van der Waals surface area contributed by atoms with Crippen LogP contribution in [0.25, 0.3) is 0 Å². The van der Waals surface area contributed by atoms with Crippen molar-refractivity contribution in [1.82, 2.24) is 9.88 Å². The van der Waals surface area contributed by atoms with Crippen LogP contribution in [0.2, 0.25) is 10.0 Å². The molecule has 0 radical (unpaired) electrons. The zero-order valence-electron chi connectivity index (χ0n) is 17.1. The highest BCUT2D eigenvalue weighted by Gasteiger charge is 2.47. The first-order valence-electron chi connectivity index (χ1n) is 10.8. The summed E-state index contributed by atoms with van der Waals surface area (Å²) in [4.78, 5) is 20.3. The van der Waals surface area contributed by atoms with Crippen molar-refractivity contribution in [2.45, 2.75) is 43.7 Å². The Morgan fingerprint density at radius 1 is 0.871 bits per heavy atom. The second-order valence-corrected chi connectivity index (χ2v) is 9.41. The van der Waals surface area contributed by atoms with Crippen LogP contribution in [-0.4, -0.2) is 15.8 Å². The highest BCUT2D eigenvalue weighted by atomic mass is 35.5. The van der Waals surface area contributed by atoms with Crippen LogP contribution >= 0.6 is 23.2 Å². The minimum absolute atomic E-state index is 0.0173. The lowest BCUT2D eigenvalue weighted by Crippen LogP contribution is -2.45. The number of aromatic nitrogens is 1. The molecule has 0 spiro atoms. The number of rotatable bonds is 5. The first-order valence-corrected chi connectivity index (χ1v) is 11.6. The van der Waals surface area contributed by atoms with E-state index in [1.54, 1.807) is 0 Å². The second kappa shape index (κ2) is 8.64. The van der Waals surface area contributed by atoms with E-state index in [2.05, 4.69) is 34.1 Å². The first-order chi connectivity index (χ1) is 15.1. The summed E-state index contributed by atoms with van der Waals surface area (Å²) in [5.74, 6) is 0.801. The molecule has 1 aromatic heterocycles. The van der Waals surface area contributed by atoms with Gasteiger partial charge in [0.05, 0.1) is 17.8 Å². The van der Waals surface area contributed by atoms with Crippen LogP contribution in [0.1, 0.15) is 60.5 Å². The van der Waals surface area contributed by atoms with E-state index in [1.807, 2.05) is 48.7 Å². The van der Waals surface area contributed by atoms with Gasteiger partial charge < -0.3 is 4.90 Å². The molecule has 3 aromatic rings. The molecule has 0 bridgehead atoms. The SMILES string of the molecule is O=C1CC[C@H](c2cccc(Cl)c2)[C@@H](c2ccc(Cl)cc2)N1[C@H](c1ccccn1)C1CC1. The Bertz CT molecular complexity index is 1070. The third-order valence-corrected chi connectivity index (χ3v) is 6.97.